The molecular weight excluding hydrogens is 238 g/mol. The number of rotatable bonds is 4. The van der Waals surface area contributed by atoms with E-state index >= 15 is 0 Å². The highest BCUT2D eigenvalue weighted by atomic mass is 16.1. The number of H-pyrrole nitrogens is 1. The molecule has 3 saturated carbocycles. The molecule has 0 spiro atoms. The van der Waals surface area contributed by atoms with Crippen LogP contribution in [0.15, 0.2) is 6.20 Å². The highest BCUT2D eigenvalue weighted by molar-refractivity contribution is 5.91. The number of nitrogens with one attached hydrogen (secondary N) is 2. The van der Waals surface area contributed by atoms with E-state index in [1.807, 2.05) is 0 Å². The van der Waals surface area contributed by atoms with Crippen molar-refractivity contribution >= 4 is 11.6 Å². The van der Waals surface area contributed by atoms with Gasteiger partial charge in [-0.05, 0) is 49.9 Å². The van der Waals surface area contributed by atoms with Crippen LogP contribution in [0.2, 0.25) is 0 Å². The van der Waals surface area contributed by atoms with Crippen LogP contribution in [0.1, 0.15) is 56.6 Å². The fourth-order valence-electron chi connectivity index (χ4n) is 4.14. The smallest absolute Gasteiger partial charge is 0.224 e. The van der Waals surface area contributed by atoms with Crippen molar-refractivity contribution in [2.24, 2.45) is 17.8 Å². The van der Waals surface area contributed by atoms with Crippen LogP contribution in [0.3, 0.4) is 0 Å². The molecule has 1 aromatic rings. The molecule has 1 amide bonds. The van der Waals surface area contributed by atoms with Gasteiger partial charge in [0.25, 0.3) is 0 Å². The van der Waals surface area contributed by atoms with Crippen LogP contribution in [-0.2, 0) is 4.79 Å². The van der Waals surface area contributed by atoms with Crippen molar-refractivity contribution in [1.82, 2.24) is 10.2 Å². The number of nitrogens with zero attached hydrogens (tertiary/aromatic N) is 1. The van der Waals surface area contributed by atoms with Gasteiger partial charge in [-0.15, -0.1) is 0 Å². The van der Waals surface area contributed by atoms with Crippen molar-refractivity contribution in [3.63, 3.8) is 0 Å². The maximum atomic E-state index is 12.2. The summed E-state index contributed by atoms with van der Waals surface area (Å²) in [5, 5.41) is 10.2. The van der Waals surface area contributed by atoms with E-state index in [-0.39, 0.29) is 5.91 Å². The van der Waals surface area contributed by atoms with E-state index in [1.165, 1.54) is 38.5 Å². The van der Waals surface area contributed by atoms with Gasteiger partial charge in [0.05, 0.1) is 17.6 Å². The van der Waals surface area contributed by atoms with Crippen LogP contribution in [0, 0.1) is 17.8 Å². The minimum absolute atomic E-state index is 0.181. The van der Waals surface area contributed by atoms with E-state index in [0.29, 0.717) is 18.3 Å². The van der Waals surface area contributed by atoms with E-state index in [1.54, 1.807) is 6.20 Å². The van der Waals surface area contributed by atoms with Crippen molar-refractivity contribution < 1.29 is 4.79 Å². The third-order valence-electron chi connectivity index (χ3n) is 5.26. The Morgan fingerprint density at radius 1 is 1.32 bits per heavy atom. The normalized spacial score (nSPS) is 32.7. The minimum Gasteiger partial charge on any atom is -0.323 e. The lowest BCUT2D eigenvalue weighted by molar-refractivity contribution is -0.117. The summed E-state index contributed by atoms with van der Waals surface area (Å²) in [6.45, 7) is 0. The van der Waals surface area contributed by atoms with E-state index < -0.39 is 0 Å². The van der Waals surface area contributed by atoms with E-state index in [9.17, 15) is 4.79 Å². The van der Waals surface area contributed by atoms with Crippen LogP contribution < -0.4 is 5.32 Å². The van der Waals surface area contributed by atoms with Gasteiger partial charge < -0.3 is 5.32 Å². The average Bonchev–Trinajstić information content (AvgIpc) is 2.83. The van der Waals surface area contributed by atoms with Gasteiger partial charge in [-0.25, -0.2) is 0 Å². The summed E-state index contributed by atoms with van der Waals surface area (Å²) >= 11 is 0. The number of fused-ring (bicyclic) bond motifs is 2. The average molecular weight is 259 g/mol. The zero-order chi connectivity index (χ0) is 12.8. The van der Waals surface area contributed by atoms with Gasteiger partial charge in [-0.2, -0.15) is 5.10 Å². The number of anilines is 1. The minimum atomic E-state index is 0.181. The van der Waals surface area contributed by atoms with Gasteiger partial charge in [0.15, 0.2) is 0 Å². The lowest BCUT2D eigenvalue weighted by Gasteiger charge is -2.20. The second-order valence-electron chi connectivity index (χ2n) is 6.66. The third kappa shape index (κ3) is 2.17. The van der Waals surface area contributed by atoms with Crippen molar-refractivity contribution in [2.45, 2.75) is 50.9 Å². The molecule has 3 atom stereocenters. The van der Waals surface area contributed by atoms with E-state index in [0.717, 1.165) is 23.2 Å². The molecule has 1 heterocycles. The first-order valence-electron chi connectivity index (χ1n) is 7.62. The molecule has 3 unspecified atom stereocenters. The van der Waals surface area contributed by atoms with Gasteiger partial charge in [0.2, 0.25) is 5.91 Å². The standard InChI is InChI=1S/C15H21N3O/c19-14(7-12-6-9-1-2-11(12)5-9)17-13-8-16-18-15(13)10-3-4-10/h8-12H,1-7H2,(H,16,18)(H,17,19). The van der Waals surface area contributed by atoms with Crippen LogP contribution >= 0.6 is 0 Å². The van der Waals surface area contributed by atoms with Crippen molar-refractivity contribution in [3.05, 3.63) is 11.9 Å². The van der Waals surface area contributed by atoms with E-state index in [4.69, 9.17) is 0 Å². The Morgan fingerprint density at radius 3 is 2.89 bits per heavy atom. The zero-order valence-corrected chi connectivity index (χ0v) is 11.2. The Kier molecular flexibility index (Phi) is 2.64. The first-order valence-corrected chi connectivity index (χ1v) is 7.62. The number of aromatic amines is 1. The number of carbonyl (C=O) groups excluding carboxylic acids is 1. The number of aromatic nitrogens is 2. The first kappa shape index (κ1) is 11.5. The molecule has 0 saturated heterocycles. The Morgan fingerprint density at radius 2 is 2.21 bits per heavy atom. The van der Waals surface area contributed by atoms with Crippen molar-refractivity contribution in [2.75, 3.05) is 5.32 Å². The summed E-state index contributed by atoms with van der Waals surface area (Å²) < 4.78 is 0. The molecule has 19 heavy (non-hydrogen) atoms. The molecule has 4 rings (SSSR count). The summed E-state index contributed by atoms with van der Waals surface area (Å²) in [7, 11) is 0. The largest absolute Gasteiger partial charge is 0.323 e. The summed E-state index contributed by atoms with van der Waals surface area (Å²) in [6.07, 6.45) is 10.3. The van der Waals surface area contributed by atoms with E-state index in [2.05, 4.69) is 15.5 Å². The summed E-state index contributed by atoms with van der Waals surface area (Å²) in [6, 6.07) is 0. The maximum Gasteiger partial charge on any atom is 0.224 e. The topological polar surface area (TPSA) is 57.8 Å². The van der Waals surface area contributed by atoms with Gasteiger partial charge in [0.1, 0.15) is 0 Å². The molecule has 0 aromatic carbocycles. The fraction of sp³-hybridized carbons (Fsp3) is 0.733. The third-order valence-corrected chi connectivity index (χ3v) is 5.26. The SMILES string of the molecule is O=C(CC1CC2CCC1C2)Nc1cn[nH]c1C1CC1. The van der Waals surface area contributed by atoms with Gasteiger partial charge >= 0.3 is 0 Å². The number of hydrogen-bond donors (Lipinski definition) is 2. The van der Waals surface area contributed by atoms with Gasteiger partial charge in [-0.1, -0.05) is 6.42 Å². The Bertz CT molecular complexity index is 491. The predicted octanol–water partition coefficient (Wildman–Crippen LogP) is 3.05. The number of carbonyl (C=O) groups is 1. The lowest BCUT2D eigenvalue weighted by atomic mass is 9.86. The molecular formula is C15H21N3O. The zero-order valence-electron chi connectivity index (χ0n) is 11.2. The number of amides is 1. The molecule has 2 N–H and O–H groups in total. The summed E-state index contributed by atoms with van der Waals surface area (Å²) in [4.78, 5) is 12.2. The molecule has 3 aliphatic rings. The van der Waals surface area contributed by atoms with Crippen molar-refractivity contribution in [1.29, 1.82) is 0 Å². The highest BCUT2D eigenvalue weighted by Gasteiger charge is 2.40. The molecule has 0 radical (unpaired) electrons. The second-order valence-corrected chi connectivity index (χ2v) is 6.66. The van der Waals surface area contributed by atoms with Crippen LogP contribution in [-0.4, -0.2) is 16.1 Å². The van der Waals surface area contributed by atoms with Gasteiger partial charge in [-0.3, -0.25) is 9.89 Å². The summed E-state index contributed by atoms with van der Waals surface area (Å²) in [5.74, 6) is 3.15. The molecule has 0 aliphatic heterocycles. The maximum absolute atomic E-state index is 12.2. The second kappa shape index (κ2) is 4.36. The molecule has 4 nitrogen and oxygen atoms in total. The van der Waals surface area contributed by atoms with Crippen LogP contribution in [0.5, 0.6) is 0 Å². The molecule has 102 valence electrons. The predicted molar refractivity (Wildman–Crippen MR) is 72.7 cm³/mol. The fourth-order valence-corrected chi connectivity index (χ4v) is 4.14. The van der Waals surface area contributed by atoms with Crippen LogP contribution in [0.4, 0.5) is 5.69 Å². The molecule has 1 aromatic heterocycles. The Balaban J connectivity index is 1.37. The molecule has 2 bridgehead atoms. The molecule has 3 aliphatic carbocycles. The quantitative estimate of drug-likeness (QED) is 0.873. The molecule has 3 fully saturated rings. The highest BCUT2D eigenvalue weighted by Crippen LogP contribution is 2.49. The monoisotopic (exact) mass is 259 g/mol. The first-order chi connectivity index (χ1) is 9.29. The molecule has 4 heteroatoms. The summed E-state index contributed by atoms with van der Waals surface area (Å²) in [5.41, 5.74) is 2.04. The Labute approximate surface area is 113 Å². The number of hydrogen-bond acceptors (Lipinski definition) is 2. The van der Waals surface area contributed by atoms with Crippen LogP contribution in [0.25, 0.3) is 0 Å². The lowest BCUT2D eigenvalue weighted by Crippen LogP contribution is -2.20. The van der Waals surface area contributed by atoms with Gasteiger partial charge in [0, 0.05) is 12.3 Å². The van der Waals surface area contributed by atoms with Crippen molar-refractivity contribution in [3.8, 4) is 0 Å². The Hall–Kier alpha value is -1.32.